The molecule has 4 unspecified atom stereocenters. The molecule has 2 aliphatic carbocycles. The average Bonchev–Trinajstić information content (AvgIpc) is 2.75. The van der Waals surface area contributed by atoms with Crippen molar-refractivity contribution in [2.75, 3.05) is 0 Å². The lowest BCUT2D eigenvalue weighted by atomic mass is 9.63. The molecular weight excluding hydrogens is 362 g/mol. The molecule has 0 heterocycles. The van der Waals surface area contributed by atoms with Crippen LogP contribution in [0.2, 0.25) is 0 Å². The monoisotopic (exact) mass is 396 g/mol. The predicted molar refractivity (Wildman–Crippen MR) is 118 cm³/mol. The van der Waals surface area contributed by atoms with Gasteiger partial charge in [0.25, 0.3) is 0 Å². The molecule has 4 atom stereocenters. The number of hydrogen-bond acceptors (Lipinski definition) is 0. The summed E-state index contributed by atoms with van der Waals surface area (Å²) in [6.07, 6.45) is 14.2. The molecule has 0 aromatic heterocycles. The third kappa shape index (κ3) is 4.27. The molecule has 2 fully saturated rings. The first-order chi connectivity index (χ1) is 14.1. The highest BCUT2D eigenvalue weighted by atomic mass is 19.1. The van der Waals surface area contributed by atoms with Gasteiger partial charge in [-0.2, -0.15) is 0 Å². The van der Waals surface area contributed by atoms with Crippen LogP contribution in [0.5, 0.6) is 0 Å². The zero-order chi connectivity index (χ0) is 20.4. The van der Waals surface area contributed by atoms with Gasteiger partial charge in [-0.1, -0.05) is 44.1 Å². The Hall–Kier alpha value is -1.70. The van der Waals surface area contributed by atoms with Crippen molar-refractivity contribution in [1.82, 2.24) is 0 Å². The van der Waals surface area contributed by atoms with E-state index in [1.165, 1.54) is 38.2 Å². The van der Waals surface area contributed by atoms with E-state index in [4.69, 9.17) is 0 Å². The maximum Gasteiger partial charge on any atom is 0.134 e. The third-order valence-electron chi connectivity index (χ3n) is 7.71. The highest BCUT2D eigenvalue weighted by Crippen LogP contribution is 2.48. The number of aryl methyl sites for hydroxylation is 1. The van der Waals surface area contributed by atoms with Crippen LogP contribution >= 0.6 is 0 Å². The lowest BCUT2D eigenvalue weighted by Crippen LogP contribution is -2.30. The van der Waals surface area contributed by atoms with Gasteiger partial charge in [-0.05, 0) is 104 Å². The smallest absolute Gasteiger partial charge is 0.134 e. The van der Waals surface area contributed by atoms with Crippen molar-refractivity contribution in [3.8, 4) is 0 Å². The molecule has 0 saturated heterocycles. The molecule has 0 N–H and O–H groups in total. The summed E-state index contributed by atoms with van der Waals surface area (Å²) < 4.78 is 30.0. The fourth-order valence-corrected chi connectivity index (χ4v) is 5.92. The Morgan fingerprint density at radius 2 is 1.79 bits per heavy atom. The van der Waals surface area contributed by atoms with E-state index < -0.39 is 0 Å². The minimum Gasteiger partial charge on any atom is -0.207 e. The van der Waals surface area contributed by atoms with Gasteiger partial charge < -0.3 is 0 Å². The zero-order valence-electron chi connectivity index (χ0n) is 17.9. The van der Waals surface area contributed by atoms with E-state index in [-0.39, 0.29) is 17.6 Å². The van der Waals surface area contributed by atoms with Crippen LogP contribution in [0.4, 0.5) is 8.78 Å². The van der Waals surface area contributed by atoms with Crippen molar-refractivity contribution in [2.24, 2.45) is 17.8 Å². The normalized spacial score (nSPS) is 27.4. The van der Waals surface area contributed by atoms with Crippen LogP contribution in [-0.2, 0) is 6.42 Å². The molecule has 29 heavy (non-hydrogen) atoms. The molecular formula is C27H34F2. The Morgan fingerprint density at radius 1 is 1.00 bits per heavy atom. The molecule has 0 aliphatic heterocycles. The van der Waals surface area contributed by atoms with Gasteiger partial charge in [-0.25, -0.2) is 8.78 Å². The standard InChI is InChI=1S/C27H34F2/c1-3-5-6-7-19-10-12-23-16-24(26(28)17-25(23)27(19)29)22-13-11-20-14-18(4-2)8-9-21(20)15-22/h3,5,10,12,16-18,20-22H,4,6-9,11,13-15H2,1-2H3. The highest BCUT2D eigenvalue weighted by molar-refractivity contribution is 5.85. The van der Waals surface area contributed by atoms with Gasteiger partial charge in [0, 0.05) is 5.39 Å². The van der Waals surface area contributed by atoms with Crippen LogP contribution in [0.1, 0.15) is 82.3 Å². The van der Waals surface area contributed by atoms with Gasteiger partial charge in [0.05, 0.1) is 0 Å². The Morgan fingerprint density at radius 3 is 2.59 bits per heavy atom. The SMILES string of the molecule is CC=CCCc1ccc2cc(C3CCC4CC(CC)CCC4C3)c(F)cc2c1F. The van der Waals surface area contributed by atoms with Crippen molar-refractivity contribution in [3.63, 3.8) is 0 Å². The minimum atomic E-state index is -0.251. The maximum atomic E-state index is 15.1. The first-order valence-electron chi connectivity index (χ1n) is 11.6. The Kier molecular flexibility index (Phi) is 6.37. The van der Waals surface area contributed by atoms with E-state index in [0.29, 0.717) is 17.4 Å². The lowest BCUT2D eigenvalue weighted by Gasteiger charge is -2.42. The van der Waals surface area contributed by atoms with Gasteiger partial charge >= 0.3 is 0 Å². The number of allylic oxidation sites excluding steroid dienone is 2. The first kappa shape index (κ1) is 20.6. The molecule has 2 aliphatic rings. The van der Waals surface area contributed by atoms with Crippen LogP contribution in [0.25, 0.3) is 10.8 Å². The van der Waals surface area contributed by atoms with Gasteiger partial charge in [0.2, 0.25) is 0 Å². The summed E-state index contributed by atoms with van der Waals surface area (Å²) in [5.41, 5.74) is 1.49. The predicted octanol–water partition coefficient (Wildman–Crippen LogP) is 8.34. The van der Waals surface area contributed by atoms with E-state index in [1.54, 1.807) is 0 Å². The molecule has 0 radical (unpaired) electrons. The molecule has 156 valence electrons. The van der Waals surface area contributed by atoms with E-state index >= 15 is 4.39 Å². The summed E-state index contributed by atoms with van der Waals surface area (Å²) in [6, 6.07) is 7.25. The van der Waals surface area contributed by atoms with E-state index in [1.807, 2.05) is 37.3 Å². The van der Waals surface area contributed by atoms with Crippen molar-refractivity contribution >= 4 is 10.8 Å². The number of fused-ring (bicyclic) bond motifs is 2. The Labute approximate surface area is 174 Å². The van der Waals surface area contributed by atoms with Gasteiger partial charge in [-0.15, -0.1) is 0 Å². The van der Waals surface area contributed by atoms with Crippen molar-refractivity contribution in [1.29, 1.82) is 0 Å². The summed E-state index contributed by atoms with van der Waals surface area (Å²) in [5, 5.41) is 1.27. The van der Waals surface area contributed by atoms with Gasteiger partial charge in [-0.3, -0.25) is 0 Å². The average molecular weight is 397 g/mol. The minimum absolute atomic E-state index is 0.215. The van der Waals surface area contributed by atoms with Crippen LogP contribution in [0, 0.1) is 29.4 Å². The molecule has 2 heteroatoms. The fraction of sp³-hybridized carbons (Fsp3) is 0.556. The van der Waals surface area contributed by atoms with Crippen LogP contribution < -0.4 is 0 Å². The number of rotatable bonds is 5. The number of hydrogen-bond donors (Lipinski definition) is 0. The quantitative estimate of drug-likeness (QED) is 0.446. The molecule has 2 aromatic carbocycles. The summed E-state index contributed by atoms with van der Waals surface area (Å²) in [6.45, 7) is 4.28. The van der Waals surface area contributed by atoms with E-state index in [2.05, 4.69) is 6.92 Å². The maximum absolute atomic E-state index is 15.1. The molecule has 2 saturated carbocycles. The first-order valence-corrected chi connectivity index (χ1v) is 11.6. The van der Waals surface area contributed by atoms with Crippen molar-refractivity contribution < 1.29 is 8.78 Å². The van der Waals surface area contributed by atoms with Crippen LogP contribution in [0.3, 0.4) is 0 Å². The third-order valence-corrected chi connectivity index (χ3v) is 7.71. The van der Waals surface area contributed by atoms with Gasteiger partial charge in [0.1, 0.15) is 11.6 Å². The van der Waals surface area contributed by atoms with Crippen molar-refractivity contribution in [3.05, 3.63) is 59.2 Å². The van der Waals surface area contributed by atoms with Crippen LogP contribution in [-0.4, -0.2) is 0 Å². The number of halogens is 2. The molecule has 2 aromatic rings. The number of benzene rings is 2. The van der Waals surface area contributed by atoms with Gasteiger partial charge in [0.15, 0.2) is 0 Å². The molecule has 0 spiro atoms. The summed E-state index contributed by atoms with van der Waals surface area (Å²) >= 11 is 0. The van der Waals surface area contributed by atoms with Crippen molar-refractivity contribution in [2.45, 2.75) is 77.6 Å². The zero-order valence-corrected chi connectivity index (χ0v) is 17.9. The van der Waals surface area contributed by atoms with E-state index in [0.717, 1.165) is 48.0 Å². The molecule has 4 rings (SSSR count). The summed E-state index contributed by atoms with van der Waals surface area (Å²) in [5.74, 6) is 2.31. The lowest BCUT2D eigenvalue weighted by molar-refractivity contribution is 0.115. The van der Waals surface area contributed by atoms with Crippen LogP contribution in [0.15, 0.2) is 36.4 Å². The molecule has 0 amide bonds. The topological polar surface area (TPSA) is 0 Å². The Bertz CT molecular complexity index is 882. The second-order valence-electron chi connectivity index (χ2n) is 9.36. The highest BCUT2D eigenvalue weighted by Gasteiger charge is 2.36. The second-order valence-corrected chi connectivity index (χ2v) is 9.36. The second kappa shape index (κ2) is 8.98. The summed E-state index contributed by atoms with van der Waals surface area (Å²) in [7, 11) is 0. The molecule has 0 nitrogen and oxygen atoms in total. The molecule has 0 bridgehead atoms. The largest absolute Gasteiger partial charge is 0.207 e. The Balaban J connectivity index is 1.55. The summed E-state index contributed by atoms with van der Waals surface area (Å²) in [4.78, 5) is 0. The van der Waals surface area contributed by atoms with E-state index in [9.17, 15) is 4.39 Å². The fourth-order valence-electron chi connectivity index (χ4n) is 5.92.